The van der Waals surface area contributed by atoms with Crippen molar-refractivity contribution in [3.63, 3.8) is 0 Å². The van der Waals surface area contributed by atoms with Crippen LogP contribution < -0.4 is 10.5 Å². The van der Waals surface area contributed by atoms with Crippen molar-refractivity contribution in [1.82, 2.24) is 4.72 Å². The van der Waals surface area contributed by atoms with E-state index in [9.17, 15) is 8.42 Å². The summed E-state index contributed by atoms with van der Waals surface area (Å²) in [6.45, 7) is 2.99. The number of sulfonamides is 1. The van der Waals surface area contributed by atoms with Gasteiger partial charge in [0.2, 0.25) is 10.0 Å². The lowest BCUT2D eigenvalue weighted by molar-refractivity contribution is 0.188. The normalized spacial score (nSPS) is 13.3. The Bertz CT molecular complexity index is 486. The highest BCUT2D eigenvalue weighted by Crippen LogP contribution is 2.12. The van der Waals surface area contributed by atoms with Crippen LogP contribution in [0, 0.1) is 0 Å². The number of methoxy groups -OCH3 is 1. The Hall–Kier alpha value is -0.950. The molecule has 0 radical (unpaired) electrons. The first kappa shape index (κ1) is 17.1. The van der Waals surface area contributed by atoms with Crippen LogP contribution >= 0.6 is 0 Å². The molecule has 0 aliphatic heterocycles. The van der Waals surface area contributed by atoms with E-state index in [0.29, 0.717) is 24.5 Å². The second-order valence-electron chi connectivity index (χ2n) is 4.84. The summed E-state index contributed by atoms with van der Waals surface area (Å²) in [5, 5.41) is 0. The number of nitrogens with two attached hydrogens (primary N) is 1. The van der Waals surface area contributed by atoms with E-state index in [0.717, 1.165) is 18.4 Å². The molecule has 0 heterocycles. The van der Waals surface area contributed by atoms with Crippen molar-refractivity contribution in [3.05, 3.63) is 29.8 Å². The highest BCUT2D eigenvalue weighted by atomic mass is 32.2. The number of aryl methyl sites for hydroxylation is 1. The average molecular weight is 300 g/mol. The number of hydrogen-bond donors (Lipinski definition) is 2. The number of ether oxygens (including phenoxy) is 1. The fourth-order valence-corrected chi connectivity index (χ4v) is 3.11. The van der Waals surface area contributed by atoms with E-state index in [-0.39, 0.29) is 6.04 Å². The molecule has 6 heteroatoms. The highest BCUT2D eigenvalue weighted by Gasteiger charge is 2.16. The monoisotopic (exact) mass is 300 g/mol. The molecule has 1 atom stereocenters. The van der Waals surface area contributed by atoms with Crippen LogP contribution in [0.4, 0.5) is 0 Å². The third-order valence-electron chi connectivity index (χ3n) is 3.01. The molecule has 0 saturated carbocycles. The first-order chi connectivity index (χ1) is 9.49. The van der Waals surface area contributed by atoms with Crippen LogP contribution in [0.15, 0.2) is 29.2 Å². The third kappa shape index (κ3) is 5.58. The zero-order valence-corrected chi connectivity index (χ0v) is 12.9. The van der Waals surface area contributed by atoms with E-state index in [1.165, 1.54) is 0 Å². The smallest absolute Gasteiger partial charge is 0.240 e. The lowest BCUT2D eigenvalue weighted by Gasteiger charge is -2.14. The molecule has 114 valence electrons. The van der Waals surface area contributed by atoms with E-state index >= 15 is 0 Å². The number of benzene rings is 1. The van der Waals surface area contributed by atoms with Crippen LogP contribution in [-0.4, -0.2) is 34.7 Å². The molecule has 0 spiro atoms. The van der Waals surface area contributed by atoms with Gasteiger partial charge in [-0.1, -0.05) is 12.1 Å². The van der Waals surface area contributed by atoms with Gasteiger partial charge < -0.3 is 10.5 Å². The van der Waals surface area contributed by atoms with Crippen molar-refractivity contribution in [2.45, 2.75) is 37.1 Å². The maximum absolute atomic E-state index is 12.2. The topological polar surface area (TPSA) is 81.4 Å². The lowest BCUT2D eigenvalue weighted by atomic mass is 10.1. The molecule has 20 heavy (non-hydrogen) atoms. The van der Waals surface area contributed by atoms with E-state index in [1.54, 1.807) is 19.2 Å². The summed E-state index contributed by atoms with van der Waals surface area (Å²) in [5.74, 6) is 0. The van der Waals surface area contributed by atoms with Crippen LogP contribution in [-0.2, 0) is 21.2 Å². The molecule has 0 bridgehead atoms. The van der Waals surface area contributed by atoms with Gasteiger partial charge in [0.15, 0.2) is 0 Å². The quantitative estimate of drug-likeness (QED) is 0.720. The minimum absolute atomic E-state index is 0.156. The minimum Gasteiger partial charge on any atom is -0.385 e. The first-order valence-corrected chi connectivity index (χ1v) is 8.28. The van der Waals surface area contributed by atoms with Crippen LogP contribution in [0.25, 0.3) is 0 Å². The molecular formula is C14H24N2O3S. The van der Waals surface area contributed by atoms with Gasteiger partial charge in [-0.3, -0.25) is 0 Å². The number of hydrogen-bond acceptors (Lipinski definition) is 4. The average Bonchev–Trinajstić information content (AvgIpc) is 2.43. The standard InChI is InChI=1S/C14H24N2O3S/c1-12(9-11-19-2)16-20(17,18)14-7-5-13(6-8-14)4-3-10-15/h5-8,12,16H,3-4,9-11,15H2,1-2H3. The van der Waals surface area contributed by atoms with Gasteiger partial charge in [0, 0.05) is 19.8 Å². The lowest BCUT2D eigenvalue weighted by Crippen LogP contribution is -2.33. The minimum atomic E-state index is -3.46. The van der Waals surface area contributed by atoms with Gasteiger partial charge in [-0.15, -0.1) is 0 Å². The van der Waals surface area contributed by atoms with Crippen molar-refractivity contribution in [2.75, 3.05) is 20.3 Å². The fraction of sp³-hybridized carbons (Fsp3) is 0.571. The molecule has 3 N–H and O–H groups in total. The largest absolute Gasteiger partial charge is 0.385 e. The predicted molar refractivity (Wildman–Crippen MR) is 80.1 cm³/mol. The molecule has 0 aliphatic rings. The molecule has 1 aromatic carbocycles. The van der Waals surface area contributed by atoms with Crippen molar-refractivity contribution in [1.29, 1.82) is 0 Å². The maximum Gasteiger partial charge on any atom is 0.240 e. The van der Waals surface area contributed by atoms with Crippen LogP contribution in [0.1, 0.15) is 25.3 Å². The zero-order valence-electron chi connectivity index (χ0n) is 12.1. The summed E-state index contributed by atoms with van der Waals surface area (Å²) >= 11 is 0. The van der Waals surface area contributed by atoms with E-state index in [2.05, 4.69) is 4.72 Å². The molecule has 0 saturated heterocycles. The summed E-state index contributed by atoms with van der Waals surface area (Å²) < 4.78 is 31.9. The Morgan fingerprint density at radius 1 is 1.30 bits per heavy atom. The van der Waals surface area contributed by atoms with Crippen LogP contribution in [0.2, 0.25) is 0 Å². The van der Waals surface area contributed by atoms with Gasteiger partial charge in [-0.25, -0.2) is 13.1 Å². The predicted octanol–water partition coefficient (Wildman–Crippen LogP) is 1.28. The van der Waals surface area contributed by atoms with Crippen LogP contribution in [0.3, 0.4) is 0 Å². The van der Waals surface area contributed by atoms with Crippen molar-refractivity contribution >= 4 is 10.0 Å². The fourth-order valence-electron chi connectivity index (χ4n) is 1.83. The van der Waals surface area contributed by atoms with E-state index in [1.807, 2.05) is 19.1 Å². The molecule has 0 fully saturated rings. The number of rotatable bonds is 9. The second kappa shape index (κ2) is 8.36. The van der Waals surface area contributed by atoms with Crippen molar-refractivity contribution < 1.29 is 13.2 Å². The SMILES string of the molecule is COCCC(C)NS(=O)(=O)c1ccc(CCCN)cc1. The zero-order chi connectivity index (χ0) is 15.0. The molecule has 1 unspecified atom stereocenters. The van der Waals surface area contributed by atoms with Gasteiger partial charge in [0.25, 0.3) is 0 Å². The van der Waals surface area contributed by atoms with Gasteiger partial charge in [0.1, 0.15) is 0 Å². The highest BCUT2D eigenvalue weighted by molar-refractivity contribution is 7.89. The van der Waals surface area contributed by atoms with Gasteiger partial charge in [0.05, 0.1) is 4.90 Å². The molecule has 1 rings (SSSR count). The Kier molecular flexibility index (Phi) is 7.15. The number of nitrogens with one attached hydrogen (secondary N) is 1. The third-order valence-corrected chi connectivity index (χ3v) is 4.62. The van der Waals surface area contributed by atoms with Gasteiger partial charge in [-0.05, 0) is 50.4 Å². The van der Waals surface area contributed by atoms with E-state index in [4.69, 9.17) is 10.5 Å². The second-order valence-corrected chi connectivity index (χ2v) is 6.55. The van der Waals surface area contributed by atoms with Gasteiger partial charge in [-0.2, -0.15) is 0 Å². The Morgan fingerprint density at radius 2 is 1.95 bits per heavy atom. The summed E-state index contributed by atoms with van der Waals surface area (Å²) in [4.78, 5) is 0.290. The molecule has 1 aromatic rings. The summed E-state index contributed by atoms with van der Waals surface area (Å²) in [5.41, 5.74) is 6.55. The van der Waals surface area contributed by atoms with Crippen LogP contribution in [0.5, 0.6) is 0 Å². The Morgan fingerprint density at radius 3 is 2.50 bits per heavy atom. The molecule has 5 nitrogen and oxygen atoms in total. The molecular weight excluding hydrogens is 276 g/mol. The summed E-state index contributed by atoms with van der Waals surface area (Å²) in [6, 6.07) is 6.79. The van der Waals surface area contributed by atoms with Crippen molar-refractivity contribution in [3.8, 4) is 0 Å². The maximum atomic E-state index is 12.2. The molecule has 0 aromatic heterocycles. The van der Waals surface area contributed by atoms with Crippen molar-refractivity contribution in [2.24, 2.45) is 5.73 Å². The van der Waals surface area contributed by atoms with Gasteiger partial charge >= 0.3 is 0 Å². The molecule has 0 aliphatic carbocycles. The summed E-state index contributed by atoms with van der Waals surface area (Å²) in [6.07, 6.45) is 2.41. The molecule has 0 amide bonds. The Balaban J connectivity index is 2.67. The van der Waals surface area contributed by atoms with E-state index < -0.39 is 10.0 Å². The Labute approximate surface area is 121 Å². The first-order valence-electron chi connectivity index (χ1n) is 6.80. The summed E-state index contributed by atoms with van der Waals surface area (Å²) in [7, 11) is -1.86.